The molecule has 3 rings (SSSR count). The fraction of sp³-hybridized carbons (Fsp3) is 0.500. The van der Waals surface area contributed by atoms with Crippen molar-refractivity contribution in [3.05, 3.63) is 44.4 Å². The summed E-state index contributed by atoms with van der Waals surface area (Å²) in [5, 5.41) is 0. The number of hydrogen-bond donors (Lipinski definition) is 0. The molecule has 6 nitrogen and oxygen atoms in total. The van der Waals surface area contributed by atoms with Gasteiger partial charge in [0.15, 0.2) is 0 Å². The molecular formula is C14H18N4O2. The Morgan fingerprint density at radius 2 is 1.60 bits per heavy atom. The van der Waals surface area contributed by atoms with E-state index in [1.54, 1.807) is 15.6 Å². The maximum atomic E-state index is 12.5. The zero-order valence-electron chi connectivity index (χ0n) is 11.8. The molecule has 0 saturated heterocycles. The molecule has 0 bridgehead atoms. The smallest absolute Gasteiger partial charge is 0.245 e. The van der Waals surface area contributed by atoms with Crippen molar-refractivity contribution in [2.45, 2.75) is 46.2 Å². The van der Waals surface area contributed by atoms with Crippen LogP contribution >= 0.6 is 0 Å². The third-order valence-electron chi connectivity index (χ3n) is 3.75. The Kier molecular flexibility index (Phi) is 3.08. The highest BCUT2D eigenvalue weighted by molar-refractivity contribution is 5.34. The van der Waals surface area contributed by atoms with E-state index in [4.69, 9.17) is 0 Å². The van der Waals surface area contributed by atoms with Gasteiger partial charge in [-0.25, -0.2) is 23.9 Å². The van der Waals surface area contributed by atoms with E-state index in [0.717, 1.165) is 30.4 Å². The molecule has 2 aromatic rings. The number of aromatic nitrogens is 4. The highest BCUT2D eigenvalue weighted by Crippen LogP contribution is 2.10. The first-order valence-electron chi connectivity index (χ1n) is 6.96. The van der Waals surface area contributed by atoms with Crippen LogP contribution in [0.4, 0.5) is 0 Å². The van der Waals surface area contributed by atoms with Crippen LogP contribution in [0.3, 0.4) is 0 Å². The first-order valence-corrected chi connectivity index (χ1v) is 6.96. The van der Waals surface area contributed by atoms with E-state index in [0.29, 0.717) is 18.9 Å². The molecule has 0 aliphatic carbocycles. The number of nitrogens with zero attached hydrogens (tertiary/aromatic N) is 4. The first-order chi connectivity index (χ1) is 9.59. The van der Waals surface area contributed by atoms with Gasteiger partial charge in [0.2, 0.25) is 0 Å². The maximum absolute atomic E-state index is 12.5. The summed E-state index contributed by atoms with van der Waals surface area (Å²) in [6.45, 7) is 5.01. The second kappa shape index (κ2) is 4.77. The van der Waals surface area contributed by atoms with Gasteiger partial charge in [0.1, 0.15) is 5.82 Å². The molecule has 6 heteroatoms. The standard InChI is InChI=1S/C14H18N4O2/c1-10-8-11(2)12(15-9-10)18-13(19)16-6-4-3-5-7-17(16)14(18)20/h8-9H,3-7H2,1-2H3. The van der Waals surface area contributed by atoms with Gasteiger partial charge in [0.05, 0.1) is 0 Å². The second-order valence-electron chi connectivity index (χ2n) is 5.36. The Morgan fingerprint density at radius 3 is 2.15 bits per heavy atom. The Morgan fingerprint density at radius 1 is 1.00 bits per heavy atom. The Bertz CT molecular complexity index is 729. The number of aryl methyl sites for hydroxylation is 2. The Hall–Kier alpha value is -2.11. The fourth-order valence-electron chi connectivity index (χ4n) is 2.78. The van der Waals surface area contributed by atoms with Crippen LogP contribution in [0.2, 0.25) is 0 Å². The molecule has 0 atom stereocenters. The molecule has 2 aromatic heterocycles. The highest BCUT2D eigenvalue weighted by Gasteiger charge is 2.20. The SMILES string of the molecule is Cc1cnc(-n2c(=O)n3n(c2=O)CCCCC3)c(C)c1. The molecule has 0 N–H and O–H groups in total. The lowest BCUT2D eigenvalue weighted by Crippen LogP contribution is -2.29. The molecule has 0 saturated carbocycles. The second-order valence-corrected chi connectivity index (χ2v) is 5.36. The lowest BCUT2D eigenvalue weighted by molar-refractivity contribution is 0.466. The van der Waals surface area contributed by atoms with Gasteiger partial charge in [-0.3, -0.25) is 0 Å². The molecule has 1 aliphatic rings. The van der Waals surface area contributed by atoms with Crippen LogP contribution in [0.5, 0.6) is 0 Å². The lowest BCUT2D eigenvalue weighted by atomic mass is 10.2. The van der Waals surface area contributed by atoms with Crippen molar-refractivity contribution < 1.29 is 0 Å². The molecule has 106 valence electrons. The zero-order valence-corrected chi connectivity index (χ0v) is 11.8. The van der Waals surface area contributed by atoms with Crippen molar-refractivity contribution in [3.63, 3.8) is 0 Å². The molecule has 20 heavy (non-hydrogen) atoms. The molecule has 0 radical (unpaired) electrons. The van der Waals surface area contributed by atoms with Crippen LogP contribution in [0.1, 0.15) is 30.4 Å². The minimum absolute atomic E-state index is 0.281. The van der Waals surface area contributed by atoms with Crippen LogP contribution in [-0.4, -0.2) is 18.9 Å². The van der Waals surface area contributed by atoms with Gasteiger partial charge in [-0.1, -0.05) is 6.07 Å². The van der Waals surface area contributed by atoms with E-state index in [1.165, 1.54) is 4.57 Å². The third kappa shape index (κ3) is 1.92. The zero-order chi connectivity index (χ0) is 14.3. The van der Waals surface area contributed by atoms with E-state index >= 15 is 0 Å². The molecule has 0 amide bonds. The summed E-state index contributed by atoms with van der Waals surface area (Å²) >= 11 is 0. The lowest BCUT2D eigenvalue weighted by Gasteiger charge is -2.04. The number of pyridine rings is 1. The summed E-state index contributed by atoms with van der Waals surface area (Å²) < 4.78 is 4.30. The molecule has 0 spiro atoms. The van der Waals surface area contributed by atoms with Crippen LogP contribution < -0.4 is 11.4 Å². The number of rotatable bonds is 1. The fourth-order valence-corrected chi connectivity index (χ4v) is 2.78. The monoisotopic (exact) mass is 274 g/mol. The van der Waals surface area contributed by atoms with Gasteiger partial charge >= 0.3 is 11.4 Å². The minimum Gasteiger partial charge on any atom is -0.245 e. The van der Waals surface area contributed by atoms with Crippen LogP contribution in [-0.2, 0) is 13.1 Å². The third-order valence-corrected chi connectivity index (χ3v) is 3.75. The molecule has 0 aromatic carbocycles. The van der Waals surface area contributed by atoms with Crippen LogP contribution in [0.25, 0.3) is 5.82 Å². The summed E-state index contributed by atoms with van der Waals surface area (Å²) in [4.78, 5) is 29.3. The van der Waals surface area contributed by atoms with Crippen molar-refractivity contribution in [2.75, 3.05) is 0 Å². The molecule has 3 heterocycles. The van der Waals surface area contributed by atoms with E-state index in [1.807, 2.05) is 19.9 Å². The molecule has 0 fully saturated rings. The van der Waals surface area contributed by atoms with E-state index in [-0.39, 0.29) is 11.4 Å². The highest BCUT2D eigenvalue weighted by atomic mass is 16.2. The number of fused-ring (bicyclic) bond motifs is 1. The average molecular weight is 274 g/mol. The Balaban J connectivity index is 2.25. The molecular weight excluding hydrogens is 256 g/mol. The summed E-state index contributed by atoms with van der Waals surface area (Å²) in [5.74, 6) is 0.443. The maximum Gasteiger partial charge on any atom is 0.353 e. The summed E-state index contributed by atoms with van der Waals surface area (Å²) in [6.07, 6.45) is 4.60. The molecule has 0 unspecified atom stereocenters. The van der Waals surface area contributed by atoms with Gasteiger partial charge in [-0.05, 0) is 44.2 Å². The largest absolute Gasteiger partial charge is 0.353 e. The van der Waals surface area contributed by atoms with Crippen molar-refractivity contribution >= 4 is 0 Å². The summed E-state index contributed by atoms with van der Waals surface area (Å²) in [5.41, 5.74) is 1.29. The van der Waals surface area contributed by atoms with Crippen molar-refractivity contribution in [3.8, 4) is 5.82 Å². The normalized spacial score (nSPS) is 14.9. The summed E-state index contributed by atoms with van der Waals surface area (Å²) in [6, 6.07) is 1.93. The predicted octanol–water partition coefficient (Wildman–Crippen LogP) is 0.996. The van der Waals surface area contributed by atoms with Crippen LogP contribution in [0.15, 0.2) is 21.9 Å². The van der Waals surface area contributed by atoms with Gasteiger partial charge < -0.3 is 0 Å². The van der Waals surface area contributed by atoms with Gasteiger partial charge in [-0.15, -0.1) is 0 Å². The van der Waals surface area contributed by atoms with Crippen LogP contribution in [0, 0.1) is 13.8 Å². The Labute approximate surface area is 116 Å². The summed E-state index contributed by atoms with van der Waals surface area (Å²) in [7, 11) is 0. The van der Waals surface area contributed by atoms with Crippen molar-refractivity contribution in [1.82, 2.24) is 18.9 Å². The predicted molar refractivity (Wildman–Crippen MR) is 75.4 cm³/mol. The average Bonchev–Trinajstić information content (AvgIpc) is 2.61. The first kappa shape index (κ1) is 12.9. The van der Waals surface area contributed by atoms with Crippen molar-refractivity contribution in [2.24, 2.45) is 0 Å². The number of hydrogen-bond acceptors (Lipinski definition) is 3. The van der Waals surface area contributed by atoms with Gasteiger partial charge in [0.25, 0.3) is 0 Å². The van der Waals surface area contributed by atoms with E-state index in [2.05, 4.69) is 4.98 Å². The minimum atomic E-state index is -0.281. The van der Waals surface area contributed by atoms with Gasteiger partial charge in [-0.2, -0.15) is 4.57 Å². The van der Waals surface area contributed by atoms with Gasteiger partial charge in [0, 0.05) is 19.3 Å². The van der Waals surface area contributed by atoms with Crippen molar-refractivity contribution in [1.29, 1.82) is 0 Å². The quantitative estimate of drug-likeness (QED) is 0.779. The topological polar surface area (TPSA) is 61.8 Å². The van der Waals surface area contributed by atoms with E-state index in [9.17, 15) is 9.59 Å². The molecule has 1 aliphatic heterocycles. The van der Waals surface area contributed by atoms with E-state index < -0.39 is 0 Å².